The lowest BCUT2D eigenvalue weighted by atomic mass is 10.0. The fourth-order valence-electron chi connectivity index (χ4n) is 2.58. The van der Waals surface area contributed by atoms with Gasteiger partial charge in [0.1, 0.15) is 12.2 Å². The molecule has 2 N–H and O–H groups in total. The number of methoxy groups -OCH3 is 1. The lowest BCUT2D eigenvalue weighted by Crippen LogP contribution is -2.41. The van der Waals surface area contributed by atoms with E-state index in [1.807, 2.05) is 5.38 Å². The second kappa shape index (κ2) is 6.84. The summed E-state index contributed by atoms with van der Waals surface area (Å²) in [5, 5.41) is 12.1. The van der Waals surface area contributed by atoms with Gasteiger partial charge in [-0.3, -0.25) is 10.4 Å². The fraction of sp³-hybridized carbons (Fsp3) is 0.538. The van der Waals surface area contributed by atoms with E-state index in [4.69, 9.17) is 4.74 Å². The minimum absolute atomic E-state index is 0.0605. The largest absolute Gasteiger partial charge is 0.378 e. The van der Waals surface area contributed by atoms with Gasteiger partial charge < -0.3 is 9.64 Å². The van der Waals surface area contributed by atoms with Crippen molar-refractivity contribution in [3.63, 3.8) is 0 Å². The van der Waals surface area contributed by atoms with Crippen molar-refractivity contribution in [2.45, 2.75) is 31.9 Å². The topological polar surface area (TPSA) is 96.0 Å². The maximum Gasteiger partial charge on any atom is 0.324 e. The molecule has 22 heavy (non-hydrogen) atoms. The van der Waals surface area contributed by atoms with Gasteiger partial charge in [0.15, 0.2) is 5.13 Å². The van der Waals surface area contributed by atoms with Crippen molar-refractivity contribution in [1.82, 2.24) is 25.1 Å². The zero-order valence-corrected chi connectivity index (χ0v) is 13.1. The van der Waals surface area contributed by atoms with Crippen LogP contribution in [0.25, 0.3) is 0 Å². The van der Waals surface area contributed by atoms with Gasteiger partial charge in [-0.2, -0.15) is 5.10 Å². The molecule has 2 amide bonds. The van der Waals surface area contributed by atoms with Crippen molar-refractivity contribution in [1.29, 1.82) is 0 Å². The van der Waals surface area contributed by atoms with Crippen LogP contribution >= 0.6 is 11.3 Å². The van der Waals surface area contributed by atoms with Crippen LogP contribution in [0.1, 0.15) is 36.8 Å². The van der Waals surface area contributed by atoms with Crippen LogP contribution < -0.4 is 5.32 Å². The minimum Gasteiger partial charge on any atom is -0.378 e. The van der Waals surface area contributed by atoms with Crippen LogP contribution in [-0.2, 0) is 11.3 Å². The van der Waals surface area contributed by atoms with E-state index in [1.54, 1.807) is 12.0 Å². The molecule has 1 aliphatic heterocycles. The van der Waals surface area contributed by atoms with Crippen LogP contribution in [0.2, 0.25) is 0 Å². The highest BCUT2D eigenvalue weighted by Gasteiger charge is 2.30. The molecule has 0 saturated carbocycles. The zero-order chi connectivity index (χ0) is 15.4. The molecule has 9 heteroatoms. The average Bonchev–Trinajstić information content (AvgIpc) is 3.19. The lowest BCUT2D eigenvalue weighted by molar-refractivity contribution is 0.159. The molecule has 1 aliphatic rings. The third kappa shape index (κ3) is 3.25. The summed E-state index contributed by atoms with van der Waals surface area (Å²) in [7, 11) is 1.62. The Morgan fingerprint density at radius 1 is 1.59 bits per heavy atom. The number of thiazole rings is 1. The number of piperidine rings is 1. The molecule has 0 aromatic carbocycles. The lowest BCUT2D eigenvalue weighted by Gasteiger charge is -2.33. The summed E-state index contributed by atoms with van der Waals surface area (Å²) in [6.07, 6.45) is 4.42. The summed E-state index contributed by atoms with van der Waals surface area (Å²) in [6, 6.07) is -0.214. The van der Waals surface area contributed by atoms with Gasteiger partial charge in [-0.15, -0.1) is 11.3 Å². The van der Waals surface area contributed by atoms with E-state index in [0.717, 1.165) is 30.8 Å². The zero-order valence-electron chi connectivity index (χ0n) is 12.3. The summed E-state index contributed by atoms with van der Waals surface area (Å²) in [6.45, 7) is 1.14. The molecule has 2 aromatic heterocycles. The second-order valence-corrected chi connectivity index (χ2v) is 5.94. The number of amides is 2. The number of anilines is 1. The number of aromatic amines is 1. The third-order valence-corrected chi connectivity index (χ3v) is 4.38. The molecule has 3 rings (SSSR count). The first kappa shape index (κ1) is 14.9. The molecule has 0 unspecified atom stereocenters. The van der Waals surface area contributed by atoms with Gasteiger partial charge >= 0.3 is 6.03 Å². The van der Waals surface area contributed by atoms with Crippen LogP contribution in [0.4, 0.5) is 9.93 Å². The van der Waals surface area contributed by atoms with E-state index in [-0.39, 0.29) is 12.1 Å². The molecule has 0 spiro atoms. The minimum atomic E-state index is -0.153. The van der Waals surface area contributed by atoms with Crippen molar-refractivity contribution >= 4 is 22.5 Å². The number of urea groups is 1. The number of carbonyl (C=O) groups excluding carboxylic acids is 1. The van der Waals surface area contributed by atoms with Crippen LogP contribution in [0.15, 0.2) is 11.7 Å². The molecule has 0 radical (unpaired) electrons. The number of likely N-dealkylation sites (tertiary alicyclic amines) is 1. The Hall–Kier alpha value is -2.00. The third-order valence-electron chi connectivity index (χ3n) is 3.57. The van der Waals surface area contributed by atoms with Crippen molar-refractivity contribution in [3.05, 3.63) is 23.2 Å². The number of hydrogen-bond acceptors (Lipinski definition) is 6. The Balaban J connectivity index is 1.69. The molecule has 0 bridgehead atoms. The molecule has 2 aromatic rings. The first-order chi connectivity index (χ1) is 10.8. The van der Waals surface area contributed by atoms with E-state index in [9.17, 15) is 4.79 Å². The van der Waals surface area contributed by atoms with Gasteiger partial charge in [0.2, 0.25) is 0 Å². The Morgan fingerprint density at radius 2 is 2.50 bits per heavy atom. The Bertz CT molecular complexity index is 614. The standard InChI is InChI=1S/C13H18N6O2S/c1-21-6-9-7-22-12(16-9)17-13(20)19-5-3-2-4-10(19)11-14-8-15-18-11/h7-8,10H,2-6H2,1H3,(H,14,15,18)(H,16,17,20)/t10-/m1/s1. The number of H-pyrrole nitrogens is 1. The molecule has 0 aliphatic carbocycles. The maximum absolute atomic E-state index is 12.5. The molecule has 1 fully saturated rings. The normalized spacial score (nSPS) is 18.4. The van der Waals surface area contributed by atoms with Crippen LogP contribution in [-0.4, -0.2) is 44.8 Å². The first-order valence-electron chi connectivity index (χ1n) is 7.14. The first-order valence-corrected chi connectivity index (χ1v) is 8.02. The second-order valence-electron chi connectivity index (χ2n) is 5.08. The molecule has 118 valence electrons. The number of carbonyl (C=O) groups is 1. The molecule has 1 saturated heterocycles. The number of nitrogens with zero attached hydrogens (tertiary/aromatic N) is 4. The molecule has 1 atom stereocenters. The Kier molecular flexibility index (Phi) is 4.64. The highest BCUT2D eigenvalue weighted by atomic mass is 32.1. The number of hydrogen-bond donors (Lipinski definition) is 2. The fourth-order valence-corrected chi connectivity index (χ4v) is 3.26. The van der Waals surface area contributed by atoms with Gasteiger partial charge in [-0.05, 0) is 19.3 Å². The number of rotatable bonds is 4. The summed E-state index contributed by atoms with van der Waals surface area (Å²) in [5.74, 6) is 0.731. The van der Waals surface area contributed by atoms with Crippen LogP contribution in [0.3, 0.4) is 0 Å². The Labute approximate surface area is 131 Å². The number of aromatic nitrogens is 4. The maximum atomic E-state index is 12.5. The van der Waals surface area contributed by atoms with Gasteiger partial charge in [0, 0.05) is 19.0 Å². The monoisotopic (exact) mass is 322 g/mol. The predicted molar refractivity (Wildman–Crippen MR) is 81.5 cm³/mol. The Morgan fingerprint density at radius 3 is 3.27 bits per heavy atom. The van der Waals surface area contributed by atoms with Gasteiger partial charge in [0.05, 0.1) is 18.3 Å². The van der Waals surface area contributed by atoms with E-state index in [2.05, 4.69) is 25.5 Å². The SMILES string of the molecule is COCc1csc(NC(=O)N2CCCC[C@@H]2c2ncn[nH]2)n1. The van der Waals surface area contributed by atoms with Crippen LogP contribution in [0.5, 0.6) is 0 Å². The van der Waals surface area contributed by atoms with E-state index in [1.165, 1.54) is 17.7 Å². The summed E-state index contributed by atoms with van der Waals surface area (Å²) < 4.78 is 5.03. The average molecular weight is 322 g/mol. The van der Waals surface area contributed by atoms with Gasteiger partial charge in [-0.25, -0.2) is 14.8 Å². The van der Waals surface area contributed by atoms with Crippen molar-refractivity contribution < 1.29 is 9.53 Å². The smallest absolute Gasteiger partial charge is 0.324 e. The van der Waals surface area contributed by atoms with Gasteiger partial charge in [0.25, 0.3) is 0 Å². The van der Waals surface area contributed by atoms with E-state index >= 15 is 0 Å². The van der Waals surface area contributed by atoms with Crippen molar-refractivity contribution in [2.75, 3.05) is 19.0 Å². The quantitative estimate of drug-likeness (QED) is 0.899. The molecular weight excluding hydrogens is 304 g/mol. The van der Waals surface area contributed by atoms with Crippen LogP contribution in [0, 0.1) is 0 Å². The van der Waals surface area contributed by atoms with Crippen molar-refractivity contribution in [3.8, 4) is 0 Å². The molecule has 3 heterocycles. The van der Waals surface area contributed by atoms with Gasteiger partial charge in [-0.1, -0.05) is 0 Å². The number of ether oxygens (including phenoxy) is 1. The number of nitrogens with one attached hydrogen (secondary N) is 2. The van der Waals surface area contributed by atoms with E-state index in [0.29, 0.717) is 18.3 Å². The van der Waals surface area contributed by atoms with E-state index < -0.39 is 0 Å². The van der Waals surface area contributed by atoms with Crippen molar-refractivity contribution in [2.24, 2.45) is 0 Å². The highest BCUT2D eigenvalue weighted by molar-refractivity contribution is 7.13. The highest BCUT2D eigenvalue weighted by Crippen LogP contribution is 2.29. The summed E-state index contributed by atoms with van der Waals surface area (Å²) in [4.78, 5) is 22.8. The predicted octanol–water partition coefficient (Wildman–Crippen LogP) is 2.17. The molecule has 8 nitrogen and oxygen atoms in total. The summed E-state index contributed by atoms with van der Waals surface area (Å²) in [5.41, 5.74) is 0.813. The summed E-state index contributed by atoms with van der Waals surface area (Å²) >= 11 is 1.40. The molecular formula is C13H18N6O2S.